The van der Waals surface area contributed by atoms with Crippen LogP contribution >= 0.6 is 0 Å². The highest BCUT2D eigenvalue weighted by atomic mass is 14.3. The summed E-state index contributed by atoms with van der Waals surface area (Å²) in [6.45, 7) is 12.3. The van der Waals surface area contributed by atoms with Gasteiger partial charge in [0.05, 0.1) is 0 Å². The van der Waals surface area contributed by atoms with Gasteiger partial charge in [0, 0.05) is 0 Å². The summed E-state index contributed by atoms with van der Waals surface area (Å²) >= 11 is 0. The Labute approximate surface area is 116 Å². The Hall–Kier alpha value is 0. The highest BCUT2D eigenvalue weighted by Crippen LogP contribution is 2.34. The van der Waals surface area contributed by atoms with Crippen LogP contribution in [0.2, 0.25) is 0 Å². The lowest BCUT2D eigenvalue weighted by atomic mass is 9.79. The van der Waals surface area contributed by atoms with Crippen molar-refractivity contribution in [3.63, 3.8) is 0 Å². The molecule has 3 atom stereocenters. The highest BCUT2D eigenvalue weighted by molar-refractivity contribution is 4.72. The molecule has 0 aliphatic heterocycles. The molecule has 0 nitrogen and oxygen atoms in total. The molecule has 1 rings (SSSR count). The third-order valence-corrected chi connectivity index (χ3v) is 5.17. The average molecular weight is 252 g/mol. The minimum atomic E-state index is 0.577. The molecule has 0 radical (unpaired) electrons. The molecule has 18 heavy (non-hydrogen) atoms. The number of hydrogen-bond donors (Lipinski definition) is 0. The maximum absolute atomic E-state index is 2.48. The second kappa shape index (κ2) is 7.56. The molecule has 1 aliphatic carbocycles. The number of rotatable bonds is 0. The van der Waals surface area contributed by atoms with Crippen LogP contribution in [0.4, 0.5) is 0 Å². The van der Waals surface area contributed by atoms with Gasteiger partial charge >= 0.3 is 0 Å². The average Bonchev–Trinajstić information content (AvgIpc) is 2.31. The summed E-state index contributed by atoms with van der Waals surface area (Å²) in [5, 5.41) is 0. The van der Waals surface area contributed by atoms with Crippen molar-refractivity contribution in [2.24, 2.45) is 23.2 Å². The van der Waals surface area contributed by atoms with Gasteiger partial charge in [-0.1, -0.05) is 79.6 Å². The molecule has 0 amide bonds. The Morgan fingerprint density at radius 1 is 0.611 bits per heavy atom. The van der Waals surface area contributed by atoms with E-state index in [0.717, 1.165) is 17.8 Å². The summed E-state index contributed by atoms with van der Waals surface area (Å²) in [4.78, 5) is 0. The summed E-state index contributed by atoms with van der Waals surface area (Å²) < 4.78 is 0. The second-order valence-corrected chi connectivity index (χ2v) is 8.07. The molecular formula is C18H36. The Morgan fingerprint density at radius 3 is 1.61 bits per heavy atom. The zero-order chi connectivity index (χ0) is 13.6. The molecule has 108 valence electrons. The molecule has 1 fully saturated rings. The van der Waals surface area contributed by atoms with Crippen LogP contribution in [-0.2, 0) is 0 Å². The molecule has 0 aromatic carbocycles. The van der Waals surface area contributed by atoms with E-state index in [1.807, 2.05) is 0 Å². The monoisotopic (exact) mass is 252 g/mol. The molecule has 1 aliphatic rings. The fourth-order valence-corrected chi connectivity index (χ4v) is 3.26. The predicted molar refractivity (Wildman–Crippen MR) is 82.8 cm³/mol. The Bertz CT molecular complexity index is 216. The van der Waals surface area contributed by atoms with Gasteiger partial charge in [0.2, 0.25) is 0 Å². The normalized spacial score (nSPS) is 36.2. The quantitative estimate of drug-likeness (QED) is 0.465. The first kappa shape index (κ1) is 16.1. The maximum Gasteiger partial charge on any atom is -0.0354 e. The highest BCUT2D eigenvalue weighted by Gasteiger charge is 2.20. The first-order chi connectivity index (χ1) is 8.39. The Balaban J connectivity index is 2.50. The van der Waals surface area contributed by atoms with Gasteiger partial charge in [-0.05, 0) is 36.0 Å². The van der Waals surface area contributed by atoms with Crippen LogP contribution in [0, 0.1) is 23.2 Å². The van der Waals surface area contributed by atoms with Crippen LogP contribution in [0.15, 0.2) is 0 Å². The summed E-state index contributed by atoms with van der Waals surface area (Å²) in [5.74, 6) is 2.83. The van der Waals surface area contributed by atoms with Gasteiger partial charge in [-0.25, -0.2) is 0 Å². The molecule has 0 saturated heterocycles. The molecule has 0 spiro atoms. The zero-order valence-corrected chi connectivity index (χ0v) is 13.6. The molecule has 3 unspecified atom stereocenters. The van der Waals surface area contributed by atoms with E-state index in [-0.39, 0.29) is 0 Å². The minimum absolute atomic E-state index is 0.577. The Kier molecular flexibility index (Phi) is 6.74. The topological polar surface area (TPSA) is 0 Å². The van der Waals surface area contributed by atoms with E-state index in [4.69, 9.17) is 0 Å². The van der Waals surface area contributed by atoms with E-state index in [9.17, 15) is 0 Å². The largest absolute Gasteiger partial charge is 0.0625 e. The van der Waals surface area contributed by atoms with Gasteiger partial charge in [0.25, 0.3) is 0 Å². The van der Waals surface area contributed by atoms with E-state index in [1.54, 1.807) is 0 Å². The number of hydrogen-bond acceptors (Lipinski definition) is 0. The van der Waals surface area contributed by atoms with Crippen LogP contribution in [0.1, 0.15) is 92.4 Å². The predicted octanol–water partition coefficient (Wildman–Crippen LogP) is 6.45. The van der Waals surface area contributed by atoms with Crippen LogP contribution in [0.5, 0.6) is 0 Å². The van der Waals surface area contributed by atoms with Gasteiger partial charge < -0.3 is 0 Å². The van der Waals surface area contributed by atoms with Crippen LogP contribution in [0.3, 0.4) is 0 Å². The van der Waals surface area contributed by atoms with Gasteiger partial charge in [-0.3, -0.25) is 0 Å². The van der Waals surface area contributed by atoms with Gasteiger partial charge in [0.15, 0.2) is 0 Å². The second-order valence-electron chi connectivity index (χ2n) is 8.07. The Morgan fingerprint density at radius 2 is 1.06 bits per heavy atom. The van der Waals surface area contributed by atoms with E-state index in [1.165, 1.54) is 57.8 Å². The van der Waals surface area contributed by atoms with E-state index >= 15 is 0 Å². The summed E-state index contributed by atoms with van der Waals surface area (Å²) in [6.07, 6.45) is 13.0. The third-order valence-electron chi connectivity index (χ3n) is 5.17. The smallest absolute Gasteiger partial charge is 0.0354 e. The van der Waals surface area contributed by atoms with Crippen molar-refractivity contribution in [2.75, 3.05) is 0 Å². The van der Waals surface area contributed by atoms with Crippen LogP contribution < -0.4 is 0 Å². The zero-order valence-electron chi connectivity index (χ0n) is 13.6. The molecular weight excluding hydrogens is 216 g/mol. The van der Waals surface area contributed by atoms with E-state index in [2.05, 4.69) is 34.6 Å². The lowest BCUT2D eigenvalue weighted by Crippen LogP contribution is -2.13. The van der Waals surface area contributed by atoms with Crippen molar-refractivity contribution in [1.82, 2.24) is 0 Å². The molecule has 0 aromatic heterocycles. The van der Waals surface area contributed by atoms with Gasteiger partial charge in [-0.15, -0.1) is 0 Å². The molecule has 0 heteroatoms. The fourth-order valence-electron chi connectivity index (χ4n) is 3.26. The van der Waals surface area contributed by atoms with Crippen LogP contribution in [0.25, 0.3) is 0 Å². The first-order valence-corrected chi connectivity index (χ1v) is 8.39. The summed E-state index contributed by atoms with van der Waals surface area (Å²) in [7, 11) is 0. The van der Waals surface area contributed by atoms with Gasteiger partial charge in [-0.2, -0.15) is 0 Å². The molecule has 0 heterocycles. The van der Waals surface area contributed by atoms with Crippen molar-refractivity contribution in [2.45, 2.75) is 92.4 Å². The van der Waals surface area contributed by atoms with Crippen molar-refractivity contribution < 1.29 is 0 Å². The van der Waals surface area contributed by atoms with Crippen molar-refractivity contribution in [3.05, 3.63) is 0 Å². The molecule has 0 N–H and O–H groups in total. The van der Waals surface area contributed by atoms with E-state index < -0.39 is 0 Å². The maximum atomic E-state index is 2.48. The van der Waals surface area contributed by atoms with E-state index in [0.29, 0.717) is 5.41 Å². The summed E-state index contributed by atoms with van der Waals surface area (Å²) in [6, 6.07) is 0. The summed E-state index contributed by atoms with van der Waals surface area (Å²) in [5.41, 5.74) is 0.577. The lowest BCUT2D eigenvalue weighted by Gasteiger charge is -2.26. The van der Waals surface area contributed by atoms with Crippen LogP contribution in [-0.4, -0.2) is 0 Å². The molecule has 1 saturated carbocycles. The SMILES string of the molecule is CC1CCCC(C)(C)CCC(C)CCC(C)CC1. The molecule has 0 aromatic rings. The fraction of sp³-hybridized carbons (Fsp3) is 1.00. The minimum Gasteiger partial charge on any atom is -0.0625 e. The first-order valence-electron chi connectivity index (χ1n) is 8.39. The van der Waals surface area contributed by atoms with Crippen molar-refractivity contribution in [3.8, 4) is 0 Å². The lowest BCUT2D eigenvalue weighted by molar-refractivity contribution is 0.258. The molecule has 0 bridgehead atoms. The standard InChI is InChI=1S/C18H36/c1-15-7-6-13-18(4,5)14-12-17(3)11-10-16(2)9-8-15/h15-17H,6-14H2,1-5H3. The third kappa shape index (κ3) is 6.81. The van der Waals surface area contributed by atoms with Gasteiger partial charge in [0.1, 0.15) is 0 Å². The van der Waals surface area contributed by atoms with Crippen molar-refractivity contribution in [1.29, 1.82) is 0 Å². The van der Waals surface area contributed by atoms with Crippen molar-refractivity contribution >= 4 is 0 Å².